The first-order valence-electron chi connectivity index (χ1n) is 5.43. The van der Waals surface area contributed by atoms with Crippen molar-refractivity contribution in [3.8, 4) is 6.07 Å². The van der Waals surface area contributed by atoms with Crippen molar-refractivity contribution in [2.45, 2.75) is 24.3 Å². The number of hydrogen-bond donors (Lipinski definition) is 0. The summed E-state index contributed by atoms with van der Waals surface area (Å²) >= 11 is 11.8. The Morgan fingerprint density at radius 1 is 1.44 bits per heavy atom. The number of halogens is 2. The topological polar surface area (TPSA) is 50.1 Å². The first-order valence-corrected chi connectivity index (χ1v) is 6.19. The van der Waals surface area contributed by atoms with E-state index in [9.17, 15) is 4.79 Å². The average Bonchev–Trinajstić information content (AvgIpc) is 2.87. The van der Waals surface area contributed by atoms with Gasteiger partial charge in [0, 0.05) is 6.42 Å². The van der Waals surface area contributed by atoms with Crippen molar-refractivity contribution in [1.29, 1.82) is 5.26 Å². The second-order valence-corrected chi connectivity index (χ2v) is 6.08. The Labute approximate surface area is 115 Å². The number of carbonyl (C=O) groups is 1. The van der Waals surface area contributed by atoms with Gasteiger partial charge in [0.25, 0.3) is 0 Å². The highest BCUT2D eigenvalue weighted by atomic mass is 35.5. The lowest BCUT2D eigenvalue weighted by atomic mass is 10.1. The molecular weight excluding hydrogens is 273 g/mol. The van der Waals surface area contributed by atoms with Gasteiger partial charge in [-0.2, -0.15) is 5.26 Å². The molecule has 94 valence electrons. The number of esters is 1. The summed E-state index contributed by atoms with van der Waals surface area (Å²) in [6.45, 7) is 1.85. The minimum Gasteiger partial charge on any atom is -0.460 e. The van der Waals surface area contributed by atoms with Crippen LogP contribution < -0.4 is 0 Å². The van der Waals surface area contributed by atoms with Gasteiger partial charge in [0.05, 0.1) is 11.6 Å². The Balaban J connectivity index is 1.93. The van der Waals surface area contributed by atoms with Crippen LogP contribution >= 0.6 is 23.2 Å². The summed E-state index contributed by atoms with van der Waals surface area (Å²) in [5, 5.41) is 8.65. The third-order valence-corrected chi connectivity index (χ3v) is 4.26. The highest BCUT2D eigenvalue weighted by Gasteiger charge is 2.69. The van der Waals surface area contributed by atoms with Crippen LogP contribution in [0.15, 0.2) is 24.3 Å². The van der Waals surface area contributed by atoms with Crippen molar-refractivity contribution in [3.63, 3.8) is 0 Å². The number of nitriles is 1. The smallest absolute Gasteiger partial charge is 0.315 e. The van der Waals surface area contributed by atoms with Crippen molar-refractivity contribution in [2.24, 2.45) is 5.41 Å². The molecule has 1 aromatic rings. The molecule has 1 aliphatic rings. The van der Waals surface area contributed by atoms with Crippen LogP contribution in [0.5, 0.6) is 0 Å². The van der Waals surface area contributed by atoms with Gasteiger partial charge in [-0.15, -0.1) is 23.2 Å². The van der Waals surface area contributed by atoms with E-state index in [2.05, 4.69) is 0 Å². The summed E-state index contributed by atoms with van der Waals surface area (Å²) in [6.07, 6.45) is 0.412. The second kappa shape index (κ2) is 4.46. The molecule has 0 aliphatic heterocycles. The van der Waals surface area contributed by atoms with Gasteiger partial charge in [0.1, 0.15) is 16.4 Å². The predicted octanol–water partition coefficient (Wildman–Crippen LogP) is 3.19. The molecule has 1 fully saturated rings. The van der Waals surface area contributed by atoms with Crippen LogP contribution in [0.4, 0.5) is 0 Å². The molecule has 0 N–H and O–H groups in total. The zero-order chi connectivity index (χ0) is 13.4. The van der Waals surface area contributed by atoms with Gasteiger partial charge >= 0.3 is 5.97 Å². The molecule has 2 rings (SSSR count). The van der Waals surface area contributed by atoms with Gasteiger partial charge in [0.2, 0.25) is 0 Å². The van der Waals surface area contributed by atoms with Crippen LogP contribution in [0.25, 0.3) is 0 Å². The first-order chi connectivity index (χ1) is 8.39. The summed E-state index contributed by atoms with van der Waals surface area (Å²) in [6, 6.07) is 8.86. The van der Waals surface area contributed by atoms with Crippen molar-refractivity contribution < 1.29 is 9.53 Å². The van der Waals surface area contributed by atoms with Crippen molar-refractivity contribution in [2.75, 3.05) is 0 Å². The largest absolute Gasteiger partial charge is 0.460 e. The quantitative estimate of drug-likeness (QED) is 0.632. The van der Waals surface area contributed by atoms with E-state index < -0.39 is 15.7 Å². The number of alkyl halides is 2. The molecule has 1 saturated carbocycles. The Morgan fingerprint density at radius 2 is 2.00 bits per heavy atom. The fourth-order valence-corrected chi connectivity index (χ4v) is 2.29. The molecule has 0 aromatic heterocycles. The first kappa shape index (κ1) is 13.2. The number of rotatable bonds is 3. The van der Waals surface area contributed by atoms with Crippen molar-refractivity contribution >= 4 is 29.2 Å². The van der Waals surface area contributed by atoms with Gasteiger partial charge in [-0.25, -0.2) is 0 Å². The van der Waals surface area contributed by atoms with Crippen molar-refractivity contribution in [3.05, 3.63) is 35.4 Å². The lowest BCUT2D eigenvalue weighted by Gasteiger charge is -2.11. The number of carbonyl (C=O) groups excluding carboxylic acids is 1. The van der Waals surface area contributed by atoms with Crippen LogP contribution in [-0.4, -0.2) is 10.3 Å². The maximum absolute atomic E-state index is 11.8. The van der Waals surface area contributed by atoms with Crippen LogP contribution in [0.1, 0.15) is 24.5 Å². The van der Waals surface area contributed by atoms with E-state index in [1.165, 1.54) is 0 Å². The lowest BCUT2D eigenvalue weighted by Crippen LogP contribution is -2.21. The number of nitrogens with zero attached hydrogens (tertiary/aromatic N) is 1. The fraction of sp³-hybridized carbons (Fsp3) is 0.385. The van der Waals surface area contributed by atoms with E-state index in [1.807, 2.05) is 6.07 Å². The molecule has 0 radical (unpaired) electrons. The third-order valence-electron chi connectivity index (χ3n) is 3.16. The molecule has 0 heterocycles. The third kappa shape index (κ3) is 2.31. The van der Waals surface area contributed by atoms with Gasteiger partial charge in [-0.05, 0) is 24.6 Å². The zero-order valence-electron chi connectivity index (χ0n) is 9.74. The summed E-state index contributed by atoms with van der Waals surface area (Å²) in [5.74, 6) is -0.392. The predicted molar refractivity (Wildman–Crippen MR) is 68.1 cm³/mol. The monoisotopic (exact) mass is 283 g/mol. The molecule has 0 saturated heterocycles. The zero-order valence-corrected chi connectivity index (χ0v) is 11.3. The van der Waals surface area contributed by atoms with Crippen molar-refractivity contribution in [1.82, 2.24) is 0 Å². The summed E-state index contributed by atoms with van der Waals surface area (Å²) in [7, 11) is 0. The molecule has 0 amide bonds. The van der Waals surface area contributed by atoms with E-state index in [0.29, 0.717) is 12.0 Å². The van der Waals surface area contributed by atoms with Crippen LogP contribution in [0, 0.1) is 16.7 Å². The summed E-state index contributed by atoms with van der Waals surface area (Å²) in [5.41, 5.74) is 0.587. The molecule has 0 bridgehead atoms. The molecule has 1 unspecified atom stereocenters. The van der Waals surface area contributed by atoms with E-state index in [0.717, 1.165) is 5.56 Å². The summed E-state index contributed by atoms with van der Waals surface area (Å²) in [4.78, 5) is 11.8. The minimum absolute atomic E-state index is 0.157. The summed E-state index contributed by atoms with van der Waals surface area (Å²) < 4.78 is 4.17. The van der Waals surface area contributed by atoms with Crippen LogP contribution in [0.2, 0.25) is 0 Å². The maximum atomic E-state index is 11.8. The fourth-order valence-electron chi connectivity index (χ4n) is 1.61. The highest BCUT2D eigenvalue weighted by molar-refractivity contribution is 6.53. The standard InChI is InChI=1S/C13H11Cl2NO2/c1-12(8-13(12,14)15)11(17)18-7-10-4-2-9(6-16)3-5-10/h2-5H,7-8H2,1H3. The Kier molecular flexibility index (Phi) is 3.27. The van der Waals surface area contributed by atoms with Gasteiger partial charge < -0.3 is 4.74 Å². The molecular formula is C13H11Cl2NO2. The molecule has 3 nitrogen and oxygen atoms in total. The number of ether oxygens (including phenoxy) is 1. The van der Waals surface area contributed by atoms with Crippen LogP contribution in [-0.2, 0) is 16.1 Å². The maximum Gasteiger partial charge on any atom is 0.315 e. The molecule has 0 spiro atoms. The average molecular weight is 284 g/mol. The normalized spacial score (nSPS) is 24.1. The lowest BCUT2D eigenvalue weighted by molar-refractivity contribution is -0.150. The Hall–Kier alpha value is -1.24. The van der Waals surface area contributed by atoms with Gasteiger partial charge in [0.15, 0.2) is 0 Å². The molecule has 1 atom stereocenters. The SMILES string of the molecule is CC1(C(=O)OCc2ccc(C#N)cc2)CC1(Cl)Cl. The van der Waals surface area contributed by atoms with E-state index in [1.54, 1.807) is 31.2 Å². The Bertz CT molecular complexity index is 519. The highest BCUT2D eigenvalue weighted by Crippen LogP contribution is 2.64. The molecule has 18 heavy (non-hydrogen) atoms. The van der Waals surface area contributed by atoms with Gasteiger partial charge in [-0.1, -0.05) is 12.1 Å². The number of benzene rings is 1. The number of hydrogen-bond acceptors (Lipinski definition) is 3. The van der Waals surface area contributed by atoms with E-state index in [4.69, 9.17) is 33.2 Å². The van der Waals surface area contributed by atoms with Gasteiger partial charge in [-0.3, -0.25) is 4.79 Å². The molecule has 1 aromatic carbocycles. The minimum atomic E-state index is -1.01. The molecule has 5 heteroatoms. The molecule has 1 aliphatic carbocycles. The van der Waals surface area contributed by atoms with E-state index in [-0.39, 0.29) is 6.61 Å². The van der Waals surface area contributed by atoms with Crippen LogP contribution in [0.3, 0.4) is 0 Å². The van der Waals surface area contributed by atoms with E-state index >= 15 is 0 Å². The second-order valence-electron chi connectivity index (χ2n) is 4.60. The Morgan fingerprint density at radius 3 is 2.44 bits per heavy atom.